The number of rotatable bonds is 3. The number of ether oxygens (including phenoxy) is 1. The molecule has 1 aliphatic heterocycles. The molecule has 1 heterocycles. The average Bonchev–Trinajstić information content (AvgIpc) is 2.45. The van der Waals surface area contributed by atoms with Gasteiger partial charge in [0.15, 0.2) is 0 Å². The van der Waals surface area contributed by atoms with Crippen LogP contribution in [0.3, 0.4) is 0 Å². The van der Waals surface area contributed by atoms with E-state index in [4.69, 9.17) is 16.3 Å². The highest BCUT2D eigenvalue weighted by Gasteiger charge is 2.57. The van der Waals surface area contributed by atoms with Gasteiger partial charge in [-0.15, -0.1) is 0 Å². The van der Waals surface area contributed by atoms with Crippen molar-refractivity contribution in [2.75, 3.05) is 6.61 Å². The van der Waals surface area contributed by atoms with Crippen LogP contribution in [0.15, 0.2) is 24.3 Å². The second-order valence-electron chi connectivity index (χ2n) is 6.84. The van der Waals surface area contributed by atoms with Crippen LogP contribution >= 0.6 is 11.6 Å². The molecule has 0 amide bonds. The van der Waals surface area contributed by atoms with Gasteiger partial charge in [0.2, 0.25) is 0 Å². The van der Waals surface area contributed by atoms with Gasteiger partial charge >= 0.3 is 0 Å². The molecule has 1 aliphatic carbocycles. The molecule has 4 atom stereocenters. The number of fused-ring (bicyclic) bond motifs is 1. The molecule has 0 spiro atoms. The molecule has 1 aromatic rings. The van der Waals surface area contributed by atoms with Gasteiger partial charge in [-0.25, -0.2) is 0 Å². The van der Waals surface area contributed by atoms with Crippen molar-refractivity contribution in [3.05, 3.63) is 34.9 Å². The fourth-order valence-electron chi connectivity index (χ4n) is 3.98. The third kappa shape index (κ3) is 2.38. The monoisotopic (exact) mass is 293 g/mol. The lowest BCUT2D eigenvalue weighted by Crippen LogP contribution is -2.69. The Balaban J connectivity index is 1.69. The first-order valence-corrected chi connectivity index (χ1v) is 8.01. The summed E-state index contributed by atoms with van der Waals surface area (Å²) in [5.74, 6) is 0.675. The third-order valence-electron chi connectivity index (χ3n) is 5.13. The Morgan fingerprint density at radius 2 is 2.00 bits per heavy atom. The first-order chi connectivity index (χ1) is 9.50. The molecule has 0 radical (unpaired) electrons. The molecule has 1 aromatic carbocycles. The van der Waals surface area contributed by atoms with E-state index in [9.17, 15) is 0 Å². The zero-order valence-electron chi connectivity index (χ0n) is 12.5. The summed E-state index contributed by atoms with van der Waals surface area (Å²) in [5, 5.41) is 4.62. The molecule has 3 rings (SSSR count). The van der Waals surface area contributed by atoms with E-state index in [1.54, 1.807) is 0 Å². The van der Waals surface area contributed by atoms with Crippen LogP contribution in [0.2, 0.25) is 5.02 Å². The van der Waals surface area contributed by atoms with Crippen molar-refractivity contribution in [3.63, 3.8) is 0 Å². The Morgan fingerprint density at radius 3 is 2.70 bits per heavy atom. The van der Waals surface area contributed by atoms with Crippen molar-refractivity contribution in [2.24, 2.45) is 11.3 Å². The smallest absolute Gasteiger partial charge is 0.0684 e. The topological polar surface area (TPSA) is 21.3 Å². The molecule has 110 valence electrons. The molecule has 1 saturated heterocycles. The molecule has 0 bridgehead atoms. The van der Waals surface area contributed by atoms with Crippen molar-refractivity contribution in [1.29, 1.82) is 0 Å². The van der Waals surface area contributed by atoms with Crippen molar-refractivity contribution in [3.8, 4) is 0 Å². The van der Waals surface area contributed by atoms with E-state index < -0.39 is 0 Å². The standard InChI is InChI=1S/C17H24ClNO/c1-11(12-6-8-13(18)9-7-12)19-15-14-5-4-10-20-16(14)17(15,2)3/h6-9,11,14-16,19H,4-5,10H2,1-3H3/t11-,14?,15?,16?/m0/s1. The predicted molar refractivity (Wildman–Crippen MR) is 83.0 cm³/mol. The van der Waals surface area contributed by atoms with Gasteiger partial charge in [-0.1, -0.05) is 37.6 Å². The Morgan fingerprint density at radius 1 is 1.30 bits per heavy atom. The van der Waals surface area contributed by atoms with Crippen LogP contribution in [0.1, 0.15) is 45.2 Å². The number of benzene rings is 1. The highest BCUT2D eigenvalue weighted by atomic mass is 35.5. The van der Waals surface area contributed by atoms with Crippen LogP contribution in [0, 0.1) is 11.3 Å². The minimum absolute atomic E-state index is 0.228. The van der Waals surface area contributed by atoms with Gasteiger partial charge in [-0.3, -0.25) is 0 Å². The number of halogens is 1. The molecular weight excluding hydrogens is 270 g/mol. The van der Waals surface area contributed by atoms with Gasteiger partial charge < -0.3 is 10.1 Å². The molecule has 20 heavy (non-hydrogen) atoms. The lowest BCUT2D eigenvalue weighted by molar-refractivity contribution is -0.194. The van der Waals surface area contributed by atoms with Crippen LogP contribution in [0.25, 0.3) is 0 Å². The van der Waals surface area contributed by atoms with Crippen LogP contribution in [0.5, 0.6) is 0 Å². The molecule has 3 heteroatoms. The van der Waals surface area contributed by atoms with E-state index in [1.807, 2.05) is 12.1 Å². The first kappa shape index (κ1) is 14.4. The van der Waals surface area contributed by atoms with E-state index in [1.165, 1.54) is 18.4 Å². The number of hydrogen-bond donors (Lipinski definition) is 1. The second-order valence-corrected chi connectivity index (χ2v) is 7.27. The molecule has 3 unspecified atom stereocenters. The predicted octanol–water partition coefficient (Wildman–Crippen LogP) is 4.19. The maximum atomic E-state index is 5.97. The summed E-state index contributed by atoms with van der Waals surface area (Å²) < 4.78 is 5.97. The summed E-state index contributed by atoms with van der Waals surface area (Å²) >= 11 is 5.96. The molecular formula is C17H24ClNO. The quantitative estimate of drug-likeness (QED) is 0.902. The van der Waals surface area contributed by atoms with E-state index in [0.717, 1.165) is 11.6 Å². The maximum Gasteiger partial charge on any atom is 0.0684 e. The lowest BCUT2D eigenvalue weighted by atomic mass is 9.55. The Kier molecular flexibility index (Phi) is 3.83. The summed E-state index contributed by atoms with van der Waals surface area (Å²) in [5.41, 5.74) is 1.52. The Labute approximate surface area is 126 Å². The largest absolute Gasteiger partial charge is 0.377 e. The number of nitrogens with one attached hydrogen (secondary N) is 1. The summed E-state index contributed by atoms with van der Waals surface area (Å²) in [6.07, 6.45) is 2.93. The molecule has 2 aliphatic rings. The zero-order valence-corrected chi connectivity index (χ0v) is 13.3. The third-order valence-corrected chi connectivity index (χ3v) is 5.38. The van der Waals surface area contributed by atoms with Crippen molar-refractivity contribution < 1.29 is 4.74 Å². The molecule has 2 nitrogen and oxygen atoms in total. The second kappa shape index (κ2) is 5.32. The Bertz CT molecular complexity index is 470. The van der Waals surface area contributed by atoms with E-state index in [0.29, 0.717) is 24.1 Å². The Hall–Kier alpha value is -0.570. The average molecular weight is 294 g/mol. The first-order valence-electron chi connectivity index (χ1n) is 7.63. The normalized spacial score (nSPS) is 33.1. The summed E-state index contributed by atoms with van der Waals surface area (Å²) in [6.45, 7) is 7.82. The highest BCUT2D eigenvalue weighted by Crippen LogP contribution is 2.51. The summed E-state index contributed by atoms with van der Waals surface area (Å²) in [7, 11) is 0. The van der Waals surface area contributed by atoms with Gasteiger partial charge in [-0.2, -0.15) is 0 Å². The SMILES string of the molecule is C[C@H](NC1C2CCCOC2C1(C)C)c1ccc(Cl)cc1. The van der Waals surface area contributed by atoms with E-state index in [2.05, 4.69) is 38.2 Å². The van der Waals surface area contributed by atoms with Gasteiger partial charge in [-0.05, 0) is 37.5 Å². The summed E-state index contributed by atoms with van der Waals surface area (Å²) in [6, 6.07) is 9.04. The van der Waals surface area contributed by atoms with Crippen LogP contribution in [0.4, 0.5) is 0 Å². The minimum atomic E-state index is 0.228. The molecule has 1 saturated carbocycles. The van der Waals surface area contributed by atoms with Crippen molar-refractivity contribution >= 4 is 11.6 Å². The highest BCUT2D eigenvalue weighted by molar-refractivity contribution is 6.30. The minimum Gasteiger partial charge on any atom is -0.377 e. The van der Waals surface area contributed by atoms with Crippen LogP contribution in [-0.4, -0.2) is 18.8 Å². The zero-order chi connectivity index (χ0) is 14.3. The lowest BCUT2D eigenvalue weighted by Gasteiger charge is -2.60. The maximum absolute atomic E-state index is 5.97. The van der Waals surface area contributed by atoms with Crippen LogP contribution < -0.4 is 5.32 Å². The molecule has 1 N–H and O–H groups in total. The van der Waals surface area contributed by atoms with Gasteiger partial charge in [0.25, 0.3) is 0 Å². The molecule has 2 fully saturated rings. The van der Waals surface area contributed by atoms with Crippen molar-refractivity contribution in [2.45, 2.75) is 51.8 Å². The molecule has 0 aromatic heterocycles. The summed E-state index contributed by atoms with van der Waals surface area (Å²) in [4.78, 5) is 0. The number of hydrogen-bond acceptors (Lipinski definition) is 2. The van der Waals surface area contributed by atoms with Gasteiger partial charge in [0.1, 0.15) is 0 Å². The van der Waals surface area contributed by atoms with Crippen molar-refractivity contribution in [1.82, 2.24) is 5.32 Å². The fraction of sp³-hybridized carbons (Fsp3) is 0.647. The van der Waals surface area contributed by atoms with E-state index in [-0.39, 0.29) is 5.41 Å². The van der Waals surface area contributed by atoms with Crippen LogP contribution in [-0.2, 0) is 4.74 Å². The van der Waals surface area contributed by atoms with Gasteiger partial charge in [0.05, 0.1) is 6.10 Å². The van der Waals surface area contributed by atoms with E-state index >= 15 is 0 Å². The fourth-order valence-corrected chi connectivity index (χ4v) is 4.10. The van der Waals surface area contributed by atoms with Gasteiger partial charge in [0, 0.05) is 35.0 Å².